The van der Waals surface area contributed by atoms with Crippen molar-refractivity contribution in [2.75, 3.05) is 13.2 Å². The van der Waals surface area contributed by atoms with Crippen LogP contribution in [0, 0.1) is 5.92 Å². The second-order valence-corrected chi connectivity index (χ2v) is 6.89. The van der Waals surface area contributed by atoms with Crippen molar-refractivity contribution in [3.8, 4) is 0 Å². The van der Waals surface area contributed by atoms with Gasteiger partial charge in [-0.1, -0.05) is 6.92 Å². The maximum atomic E-state index is 6.06. The molecular formula is C15H24N2OS. The summed E-state index contributed by atoms with van der Waals surface area (Å²) < 4.78 is 6.06. The summed E-state index contributed by atoms with van der Waals surface area (Å²) in [5.41, 5.74) is 2.19. The van der Waals surface area contributed by atoms with E-state index in [1.807, 2.05) is 11.7 Å². The molecule has 3 nitrogen and oxygen atoms in total. The largest absolute Gasteiger partial charge is 0.375 e. The third-order valence-electron chi connectivity index (χ3n) is 4.64. The minimum absolute atomic E-state index is 0.236. The Kier molecular flexibility index (Phi) is 4.20. The molecule has 106 valence electrons. The number of rotatable bonds is 5. The molecule has 1 spiro atoms. The van der Waals surface area contributed by atoms with Crippen molar-refractivity contribution >= 4 is 11.3 Å². The zero-order valence-electron chi connectivity index (χ0n) is 11.7. The van der Waals surface area contributed by atoms with Gasteiger partial charge in [0, 0.05) is 23.7 Å². The van der Waals surface area contributed by atoms with Gasteiger partial charge in [0.1, 0.15) is 0 Å². The molecule has 0 amide bonds. The molecule has 2 aliphatic rings. The topological polar surface area (TPSA) is 34.2 Å². The van der Waals surface area contributed by atoms with Gasteiger partial charge in [0.2, 0.25) is 0 Å². The molecule has 2 heterocycles. The van der Waals surface area contributed by atoms with Crippen LogP contribution in [0.25, 0.3) is 0 Å². The molecule has 0 bridgehead atoms. The summed E-state index contributed by atoms with van der Waals surface area (Å²) in [5.74, 6) is 0.709. The third-order valence-corrected chi connectivity index (χ3v) is 5.50. The average Bonchev–Trinajstić information content (AvgIpc) is 2.92. The van der Waals surface area contributed by atoms with E-state index >= 15 is 0 Å². The van der Waals surface area contributed by atoms with E-state index in [9.17, 15) is 0 Å². The molecule has 4 heteroatoms. The lowest BCUT2D eigenvalue weighted by Crippen LogP contribution is -2.48. The van der Waals surface area contributed by atoms with E-state index in [1.54, 1.807) is 11.3 Å². The minimum atomic E-state index is 0.236. The second-order valence-electron chi connectivity index (χ2n) is 5.97. The van der Waals surface area contributed by atoms with Gasteiger partial charge in [-0.2, -0.15) is 0 Å². The fourth-order valence-corrected chi connectivity index (χ4v) is 4.24. The van der Waals surface area contributed by atoms with Crippen LogP contribution >= 0.6 is 11.3 Å². The van der Waals surface area contributed by atoms with Crippen LogP contribution < -0.4 is 5.32 Å². The van der Waals surface area contributed by atoms with Crippen LogP contribution in [0.2, 0.25) is 0 Å². The molecule has 2 atom stereocenters. The first-order valence-corrected chi connectivity index (χ1v) is 8.47. The van der Waals surface area contributed by atoms with Crippen molar-refractivity contribution in [1.82, 2.24) is 10.3 Å². The predicted octanol–water partition coefficient (Wildman–Crippen LogP) is 3.53. The van der Waals surface area contributed by atoms with Crippen LogP contribution in [0.5, 0.6) is 0 Å². The standard InChI is InChI=1S/C15H24N2OS/c1-2-7-17-14(13-10-16-11-19-13)12-4-8-18-15(9-12)5-3-6-15/h10-12,14,17H,2-9H2,1H3. The molecule has 19 heavy (non-hydrogen) atoms. The minimum Gasteiger partial charge on any atom is -0.375 e. The quantitative estimate of drug-likeness (QED) is 0.896. The van der Waals surface area contributed by atoms with Gasteiger partial charge in [0.05, 0.1) is 11.1 Å². The number of aromatic nitrogens is 1. The first-order valence-electron chi connectivity index (χ1n) is 7.59. The lowest BCUT2D eigenvalue weighted by molar-refractivity contribution is -0.147. The van der Waals surface area contributed by atoms with Gasteiger partial charge >= 0.3 is 0 Å². The van der Waals surface area contributed by atoms with Crippen molar-refractivity contribution < 1.29 is 4.74 Å². The van der Waals surface area contributed by atoms with Crippen molar-refractivity contribution in [3.05, 3.63) is 16.6 Å². The van der Waals surface area contributed by atoms with Gasteiger partial charge in [-0.3, -0.25) is 4.98 Å². The summed E-state index contributed by atoms with van der Waals surface area (Å²) in [7, 11) is 0. The van der Waals surface area contributed by atoms with E-state index in [4.69, 9.17) is 4.74 Å². The Labute approximate surface area is 119 Å². The maximum Gasteiger partial charge on any atom is 0.0794 e. The Morgan fingerprint density at radius 3 is 3.11 bits per heavy atom. The van der Waals surface area contributed by atoms with E-state index in [-0.39, 0.29) is 5.60 Å². The number of thiazole rings is 1. The molecule has 1 aliphatic heterocycles. The summed E-state index contributed by atoms with van der Waals surface area (Å²) in [6.07, 6.45) is 9.53. The highest BCUT2D eigenvalue weighted by Gasteiger charge is 2.44. The van der Waals surface area contributed by atoms with Crippen molar-refractivity contribution in [1.29, 1.82) is 0 Å². The second kappa shape index (κ2) is 5.90. The molecule has 1 aromatic rings. The van der Waals surface area contributed by atoms with Crippen LogP contribution in [0.3, 0.4) is 0 Å². The smallest absolute Gasteiger partial charge is 0.0794 e. The highest BCUT2D eigenvalue weighted by molar-refractivity contribution is 7.09. The summed E-state index contributed by atoms with van der Waals surface area (Å²) in [5, 5.41) is 3.74. The van der Waals surface area contributed by atoms with Gasteiger partial charge in [-0.15, -0.1) is 11.3 Å². The maximum absolute atomic E-state index is 6.06. The van der Waals surface area contributed by atoms with Gasteiger partial charge in [-0.05, 0) is 51.0 Å². The van der Waals surface area contributed by atoms with E-state index in [1.165, 1.54) is 43.4 Å². The summed E-state index contributed by atoms with van der Waals surface area (Å²) in [6, 6.07) is 0.480. The summed E-state index contributed by atoms with van der Waals surface area (Å²) in [6.45, 7) is 4.26. The number of nitrogens with zero attached hydrogens (tertiary/aromatic N) is 1. The first-order chi connectivity index (χ1) is 9.33. The fourth-order valence-electron chi connectivity index (χ4n) is 3.45. The van der Waals surface area contributed by atoms with Crippen LogP contribution in [0.15, 0.2) is 11.7 Å². The summed E-state index contributed by atoms with van der Waals surface area (Å²) in [4.78, 5) is 5.66. The Hall–Kier alpha value is -0.450. The zero-order chi connectivity index (χ0) is 13.1. The van der Waals surface area contributed by atoms with E-state index in [0.717, 1.165) is 13.2 Å². The highest BCUT2D eigenvalue weighted by atomic mass is 32.1. The van der Waals surface area contributed by atoms with E-state index in [2.05, 4.69) is 17.2 Å². The van der Waals surface area contributed by atoms with Crippen LogP contribution in [-0.4, -0.2) is 23.7 Å². The van der Waals surface area contributed by atoms with E-state index < -0.39 is 0 Å². The van der Waals surface area contributed by atoms with Crippen LogP contribution in [0.1, 0.15) is 56.4 Å². The molecule has 2 unspecified atom stereocenters. The van der Waals surface area contributed by atoms with Crippen molar-refractivity contribution in [2.45, 2.75) is 57.1 Å². The lowest BCUT2D eigenvalue weighted by atomic mass is 9.70. The lowest BCUT2D eigenvalue weighted by Gasteiger charge is -2.48. The molecular weight excluding hydrogens is 256 g/mol. The predicted molar refractivity (Wildman–Crippen MR) is 78.4 cm³/mol. The monoisotopic (exact) mass is 280 g/mol. The molecule has 3 rings (SSSR count). The molecule has 1 aromatic heterocycles. The number of hydrogen-bond donors (Lipinski definition) is 1. The third kappa shape index (κ3) is 2.86. The Bertz CT molecular complexity index is 389. The Morgan fingerprint density at radius 2 is 2.47 bits per heavy atom. The number of hydrogen-bond acceptors (Lipinski definition) is 4. The zero-order valence-corrected chi connectivity index (χ0v) is 12.5. The van der Waals surface area contributed by atoms with Crippen LogP contribution in [-0.2, 0) is 4.74 Å². The molecule has 1 saturated heterocycles. The fraction of sp³-hybridized carbons (Fsp3) is 0.800. The number of ether oxygens (including phenoxy) is 1. The molecule has 0 radical (unpaired) electrons. The van der Waals surface area contributed by atoms with Gasteiger partial charge in [-0.25, -0.2) is 0 Å². The molecule has 2 fully saturated rings. The average molecular weight is 280 g/mol. The number of nitrogens with one attached hydrogen (secondary N) is 1. The normalized spacial score (nSPS) is 27.1. The van der Waals surface area contributed by atoms with Crippen LogP contribution in [0.4, 0.5) is 0 Å². The summed E-state index contributed by atoms with van der Waals surface area (Å²) >= 11 is 1.79. The van der Waals surface area contributed by atoms with Crippen molar-refractivity contribution in [2.24, 2.45) is 5.92 Å². The first kappa shape index (κ1) is 13.5. The molecule has 0 aromatic carbocycles. The highest BCUT2D eigenvalue weighted by Crippen LogP contribution is 2.47. The van der Waals surface area contributed by atoms with Gasteiger partial charge in [0.25, 0.3) is 0 Å². The SMILES string of the molecule is CCCNC(c1cncs1)C1CCOC2(CCC2)C1. The Balaban J connectivity index is 1.71. The van der Waals surface area contributed by atoms with Gasteiger partial charge < -0.3 is 10.1 Å². The molecule has 1 N–H and O–H groups in total. The van der Waals surface area contributed by atoms with E-state index in [0.29, 0.717) is 12.0 Å². The van der Waals surface area contributed by atoms with Crippen molar-refractivity contribution in [3.63, 3.8) is 0 Å². The Morgan fingerprint density at radius 1 is 1.58 bits per heavy atom. The molecule has 1 saturated carbocycles. The molecule has 1 aliphatic carbocycles. The van der Waals surface area contributed by atoms with Gasteiger partial charge in [0.15, 0.2) is 0 Å².